The van der Waals surface area contributed by atoms with Gasteiger partial charge in [-0.15, -0.1) is 0 Å². The fourth-order valence-corrected chi connectivity index (χ4v) is 5.82. The first-order valence-corrected chi connectivity index (χ1v) is 13.4. The molecule has 5 rings (SSSR count). The summed E-state index contributed by atoms with van der Waals surface area (Å²) in [5.41, 5.74) is 9.41. The lowest BCUT2D eigenvalue weighted by Gasteiger charge is -2.29. The van der Waals surface area contributed by atoms with Crippen LogP contribution in [0.15, 0.2) is 72.9 Å². The second kappa shape index (κ2) is 11.0. The van der Waals surface area contributed by atoms with Crippen molar-refractivity contribution in [1.82, 2.24) is 14.9 Å². The SMILES string of the molecule is COCC(=O)Nc1ccc(N2C(=S)N[C@@H](c3ccccn3)[C@H]2c2cc(C)n(-c3ccccc3C)c2C)cc1C. The third-order valence-electron chi connectivity index (χ3n) is 7.28. The summed E-state index contributed by atoms with van der Waals surface area (Å²) in [6, 6.07) is 22.4. The van der Waals surface area contributed by atoms with Crippen LogP contribution in [0.25, 0.3) is 5.69 Å². The van der Waals surface area contributed by atoms with E-state index in [0.717, 1.165) is 34.0 Å². The Bertz CT molecular complexity index is 1530. The van der Waals surface area contributed by atoms with Crippen molar-refractivity contribution in [3.63, 3.8) is 0 Å². The lowest BCUT2D eigenvalue weighted by molar-refractivity contribution is -0.119. The lowest BCUT2D eigenvalue weighted by atomic mass is 9.96. The molecular formula is C31H33N5O2S. The van der Waals surface area contributed by atoms with Gasteiger partial charge < -0.3 is 24.8 Å². The fraction of sp³-hybridized carbons (Fsp3) is 0.258. The molecule has 0 saturated carbocycles. The second-order valence-corrected chi connectivity index (χ2v) is 10.3. The number of aromatic nitrogens is 2. The zero-order valence-corrected chi connectivity index (χ0v) is 23.7. The Kier molecular flexibility index (Phi) is 7.50. The average molecular weight is 540 g/mol. The molecule has 200 valence electrons. The van der Waals surface area contributed by atoms with Crippen LogP contribution in [-0.4, -0.2) is 34.3 Å². The summed E-state index contributed by atoms with van der Waals surface area (Å²) in [7, 11) is 1.51. The molecule has 1 aliphatic rings. The van der Waals surface area contributed by atoms with Gasteiger partial charge >= 0.3 is 0 Å². The maximum absolute atomic E-state index is 12.1. The number of ether oxygens (including phenoxy) is 1. The van der Waals surface area contributed by atoms with Crippen molar-refractivity contribution < 1.29 is 9.53 Å². The third-order valence-corrected chi connectivity index (χ3v) is 7.60. The molecule has 2 atom stereocenters. The molecule has 7 nitrogen and oxygen atoms in total. The minimum atomic E-state index is -0.191. The van der Waals surface area contributed by atoms with Gasteiger partial charge in [0.25, 0.3) is 0 Å². The molecule has 4 aromatic rings. The molecule has 0 radical (unpaired) electrons. The van der Waals surface area contributed by atoms with E-state index in [2.05, 4.69) is 77.3 Å². The van der Waals surface area contributed by atoms with E-state index in [-0.39, 0.29) is 24.6 Å². The highest BCUT2D eigenvalue weighted by Crippen LogP contribution is 2.44. The van der Waals surface area contributed by atoms with E-state index < -0.39 is 0 Å². The summed E-state index contributed by atoms with van der Waals surface area (Å²) in [6.07, 6.45) is 1.82. The van der Waals surface area contributed by atoms with Crippen molar-refractivity contribution in [2.45, 2.75) is 39.8 Å². The second-order valence-electron chi connectivity index (χ2n) is 9.93. The van der Waals surface area contributed by atoms with Gasteiger partial charge in [-0.2, -0.15) is 0 Å². The van der Waals surface area contributed by atoms with Gasteiger partial charge in [0.05, 0.1) is 17.8 Å². The van der Waals surface area contributed by atoms with Gasteiger partial charge in [0.2, 0.25) is 5.91 Å². The summed E-state index contributed by atoms with van der Waals surface area (Å²) in [5, 5.41) is 7.10. The highest BCUT2D eigenvalue weighted by Gasteiger charge is 2.42. The number of benzene rings is 2. The number of carbonyl (C=O) groups excluding carboxylic acids is 1. The predicted octanol–water partition coefficient (Wildman–Crippen LogP) is 5.87. The number of pyridine rings is 1. The first-order chi connectivity index (χ1) is 18.8. The number of carbonyl (C=O) groups is 1. The van der Waals surface area contributed by atoms with Crippen LogP contribution in [0.5, 0.6) is 0 Å². The lowest BCUT2D eigenvalue weighted by Crippen LogP contribution is -2.29. The highest BCUT2D eigenvalue weighted by atomic mass is 32.1. The predicted molar refractivity (Wildman–Crippen MR) is 160 cm³/mol. The Morgan fingerprint density at radius 2 is 1.79 bits per heavy atom. The van der Waals surface area contributed by atoms with Crippen LogP contribution in [0.1, 0.15) is 45.9 Å². The number of nitrogens with zero attached hydrogens (tertiary/aromatic N) is 3. The van der Waals surface area contributed by atoms with Crippen LogP contribution in [0.4, 0.5) is 11.4 Å². The maximum atomic E-state index is 12.1. The number of thiocarbonyl (C=S) groups is 1. The number of rotatable bonds is 7. The van der Waals surface area contributed by atoms with Gasteiger partial charge in [-0.3, -0.25) is 9.78 Å². The Labute approximate surface area is 234 Å². The first-order valence-electron chi connectivity index (χ1n) is 12.9. The summed E-state index contributed by atoms with van der Waals surface area (Å²) in [6.45, 7) is 8.44. The van der Waals surface area contributed by atoms with E-state index in [4.69, 9.17) is 21.9 Å². The molecule has 1 fully saturated rings. The van der Waals surface area contributed by atoms with E-state index in [1.165, 1.54) is 23.9 Å². The first kappa shape index (κ1) is 26.6. The summed E-state index contributed by atoms with van der Waals surface area (Å²) in [5.74, 6) is -0.191. The van der Waals surface area contributed by atoms with Gasteiger partial charge in [-0.25, -0.2) is 0 Å². The Morgan fingerprint density at radius 1 is 1.03 bits per heavy atom. The standard InChI is InChI=1S/C31H33N5O2S/c1-19-10-6-7-12-27(19)35-21(3)17-24(22(35)4)30-29(26-11-8-9-15-32-26)34-31(39)36(30)23-13-14-25(20(2)16-23)33-28(37)18-38-5/h6-17,29-30H,18H2,1-5H3,(H,33,37)(H,34,39)/t29-,30+/m0/s1. The molecule has 3 heterocycles. The van der Waals surface area contributed by atoms with E-state index in [1.54, 1.807) is 0 Å². The number of aryl methyl sites for hydroxylation is 3. The summed E-state index contributed by atoms with van der Waals surface area (Å²) in [4.78, 5) is 19.0. The molecule has 0 unspecified atom stereocenters. The zero-order chi connectivity index (χ0) is 27.7. The van der Waals surface area contributed by atoms with Crippen molar-refractivity contribution in [2.24, 2.45) is 0 Å². The number of hydrogen-bond donors (Lipinski definition) is 2. The number of amides is 1. The van der Waals surface area contributed by atoms with Gasteiger partial charge in [0.15, 0.2) is 5.11 Å². The largest absolute Gasteiger partial charge is 0.375 e. The van der Waals surface area contributed by atoms with E-state index >= 15 is 0 Å². The number of nitrogens with one attached hydrogen (secondary N) is 2. The number of methoxy groups -OCH3 is 1. The molecule has 1 aliphatic heterocycles. The normalized spacial score (nSPS) is 16.8. The summed E-state index contributed by atoms with van der Waals surface area (Å²) >= 11 is 5.95. The molecule has 1 saturated heterocycles. The number of para-hydroxylation sites is 1. The van der Waals surface area contributed by atoms with Gasteiger partial charge in [-0.05, 0) is 99.1 Å². The fourth-order valence-electron chi connectivity index (χ4n) is 5.48. The summed E-state index contributed by atoms with van der Waals surface area (Å²) < 4.78 is 7.28. The van der Waals surface area contributed by atoms with Crippen molar-refractivity contribution in [3.05, 3.63) is 107 Å². The molecule has 2 aromatic heterocycles. The molecule has 8 heteroatoms. The quantitative estimate of drug-likeness (QED) is 0.286. The average Bonchev–Trinajstić information content (AvgIpc) is 3.41. The minimum absolute atomic E-state index is 0.00561. The Hall–Kier alpha value is -4.01. The van der Waals surface area contributed by atoms with Gasteiger partial charge in [-0.1, -0.05) is 24.3 Å². The monoisotopic (exact) mass is 539 g/mol. The minimum Gasteiger partial charge on any atom is -0.375 e. The maximum Gasteiger partial charge on any atom is 0.250 e. The van der Waals surface area contributed by atoms with Crippen LogP contribution in [0.2, 0.25) is 0 Å². The zero-order valence-electron chi connectivity index (χ0n) is 22.9. The van der Waals surface area contributed by atoms with E-state index in [9.17, 15) is 4.79 Å². The Balaban J connectivity index is 1.62. The van der Waals surface area contributed by atoms with Crippen LogP contribution in [-0.2, 0) is 9.53 Å². The third kappa shape index (κ3) is 5.05. The van der Waals surface area contributed by atoms with Crippen molar-refractivity contribution in [3.8, 4) is 5.69 Å². The van der Waals surface area contributed by atoms with E-state index in [0.29, 0.717) is 5.11 Å². The molecule has 0 bridgehead atoms. The highest BCUT2D eigenvalue weighted by molar-refractivity contribution is 7.80. The van der Waals surface area contributed by atoms with Crippen LogP contribution in [0.3, 0.4) is 0 Å². The van der Waals surface area contributed by atoms with Crippen LogP contribution < -0.4 is 15.5 Å². The molecule has 2 aromatic carbocycles. The van der Waals surface area contributed by atoms with Crippen LogP contribution in [0, 0.1) is 27.7 Å². The molecule has 1 amide bonds. The molecule has 0 aliphatic carbocycles. The van der Waals surface area contributed by atoms with Crippen molar-refractivity contribution in [1.29, 1.82) is 0 Å². The molecule has 39 heavy (non-hydrogen) atoms. The van der Waals surface area contributed by atoms with Crippen molar-refractivity contribution in [2.75, 3.05) is 23.9 Å². The Morgan fingerprint density at radius 3 is 2.49 bits per heavy atom. The molecule has 2 N–H and O–H groups in total. The molecule has 0 spiro atoms. The molecular weight excluding hydrogens is 506 g/mol. The van der Waals surface area contributed by atoms with Crippen LogP contribution >= 0.6 is 12.2 Å². The van der Waals surface area contributed by atoms with Gasteiger partial charge in [0.1, 0.15) is 6.61 Å². The topological polar surface area (TPSA) is 71.4 Å². The van der Waals surface area contributed by atoms with E-state index in [1.807, 2.05) is 43.5 Å². The number of anilines is 2. The van der Waals surface area contributed by atoms with Crippen molar-refractivity contribution >= 4 is 34.6 Å². The smallest absolute Gasteiger partial charge is 0.250 e. The van der Waals surface area contributed by atoms with Gasteiger partial charge in [0, 0.05) is 41.8 Å². The number of hydrogen-bond acceptors (Lipinski definition) is 4.